The highest BCUT2D eigenvalue weighted by Gasteiger charge is 2.42. The van der Waals surface area contributed by atoms with Crippen molar-refractivity contribution in [3.63, 3.8) is 0 Å². The van der Waals surface area contributed by atoms with E-state index < -0.39 is 0 Å². The van der Waals surface area contributed by atoms with Crippen LogP contribution in [-0.2, 0) is 24.0 Å². The topological polar surface area (TPSA) is 80.5 Å². The summed E-state index contributed by atoms with van der Waals surface area (Å²) in [6, 6.07) is 9.05. The highest BCUT2D eigenvalue weighted by atomic mass is 16.5. The number of nitrogens with zero attached hydrogens (tertiary/aromatic N) is 2. The van der Waals surface area contributed by atoms with Gasteiger partial charge in [0.05, 0.1) is 17.7 Å². The van der Waals surface area contributed by atoms with Gasteiger partial charge in [-0.3, -0.25) is 9.78 Å². The Labute approximate surface area is 189 Å². The molecule has 3 aliphatic carbocycles. The number of amides is 1. The molecule has 6 rings (SSSR count). The maximum absolute atomic E-state index is 13.0. The third kappa shape index (κ3) is 3.59. The number of methoxy groups -OCH3 is 1. The Balaban J connectivity index is 1.12. The molecule has 0 unspecified atom stereocenters. The molecule has 2 heterocycles. The molecule has 0 spiro atoms. The van der Waals surface area contributed by atoms with Crippen molar-refractivity contribution in [2.75, 3.05) is 25.1 Å². The lowest BCUT2D eigenvalue weighted by atomic mass is 9.87. The van der Waals surface area contributed by atoms with Gasteiger partial charge in [-0.15, -0.1) is 0 Å². The van der Waals surface area contributed by atoms with Gasteiger partial charge >= 0.3 is 0 Å². The second-order valence-electron chi connectivity index (χ2n) is 10.1. The van der Waals surface area contributed by atoms with Gasteiger partial charge < -0.3 is 20.7 Å². The minimum atomic E-state index is 0.0183. The number of aryl methyl sites for hydroxylation is 2. The summed E-state index contributed by atoms with van der Waals surface area (Å²) in [5, 5.41) is 3.28. The third-order valence-corrected chi connectivity index (χ3v) is 8.07. The number of nitrogens with one attached hydrogen (secondary N) is 1. The van der Waals surface area contributed by atoms with Gasteiger partial charge in [0.2, 0.25) is 0 Å². The monoisotopic (exact) mass is 432 g/mol. The lowest BCUT2D eigenvalue weighted by Gasteiger charge is -2.27. The van der Waals surface area contributed by atoms with E-state index in [4.69, 9.17) is 10.5 Å². The van der Waals surface area contributed by atoms with Crippen molar-refractivity contribution in [1.29, 1.82) is 0 Å². The molecule has 1 saturated heterocycles. The van der Waals surface area contributed by atoms with Gasteiger partial charge in [0.15, 0.2) is 0 Å². The zero-order valence-corrected chi connectivity index (χ0v) is 18.7. The van der Waals surface area contributed by atoms with Crippen LogP contribution >= 0.6 is 0 Å². The van der Waals surface area contributed by atoms with E-state index in [1.807, 2.05) is 0 Å². The summed E-state index contributed by atoms with van der Waals surface area (Å²) < 4.78 is 5.50. The zero-order chi connectivity index (χ0) is 21.8. The summed E-state index contributed by atoms with van der Waals surface area (Å²) in [6.45, 7) is 1.66. The van der Waals surface area contributed by atoms with Crippen molar-refractivity contribution < 1.29 is 9.53 Å². The van der Waals surface area contributed by atoms with Crippen LogP contribution in [-0.4, -0.2) is 49.3 Å². The minimum absolute atomic E-state index is 0.0183. The highest BCUT2D eigenvalue weighted by Crippen LogP contribution is 2.54. The molecule has 3 N–H and O–H groups in total. The number of carbonyl (C=O) groups is 1. The first-order valence-electron chi connectivity index (χ1n) is 12.0. The number of hydrogen-bond acceptors (Lipinski definition) is 5. The molecule has 4 aliphatic rings. The maximum Gasteiger partial charge on any atom is 0.253 e. The van der Waals surface area contributed by atoms with Crippen molar-refractivity contribution in [2.45, 2.75) is 62.6 Å². The molecule has 6 heteroatoms. The fraction of sp³-hybridized carbons (Fsp3) is 0.538. The van der Waals surface area contributed by atoms with Crippen LogP contribution in [0, 0.1) is 5.92 Å². The Bertz CT molecular complexity index is 1050. The molecule has 5 atom stereocenters. The highest BCUT2D eigenvalue weighted by molar-refractivity contribution is 5.94. The summed E-state index contributed by atoms with van der Waals surface area (Å²) in [6.07, 6.45) is 8.29. The van der Waals surface area contributed by atoms with E-state index >= 15 is 0 Å². The van der Waals surface area contributed by atoms with Crippen LogP contribution in [0.2, 0.25) is 0 Å². The van der Waals surface area contributed by atoms with E-state index in [2.05, 4.69) is 39.5 Å². The van der Waals surface area contributed by atoms with Gasteiger partial charge in [0.1, 0.15) is 0 Å². The number of ether oxygens (including phenoxy) is 1. The molecule has 1 amide bonds. The molecule has 1 aromatic heterocycles. The number of rotatable bonds is 4. The van der Waals surface area contributed by atoms with Gasteiger partial charge in [-0.25, -0.2) is 0 Å². The van der Waals surface area contributed by atoms with Crippen molar-refractivity contribution in [1.82, 2.24) is 10.3 Å². The predicted octanol–water partition coefficient (Wildman–Crippen LogP) is 2.58. The first-order chi connectivity index (χ1) is 15.6. The molecular weight excluding hydrogens is 400 g/mol. The smallest absolute Gasteiger partial charge is 0.253 e. The third-order valence-electron chi connectivity index (χ3n) is 8.07. The minimum Gasteiger partial charge on any atom is -0.378 e. The fourth-order valence-corrected chi connectivity index (χ4v) is 6.02. The van der Waals surface area contributed by atoms with Crippen molar-refractivity contribution in [3.8, 4) is 0 Å². The summed E-state index contributed by atoms with van der Waals surface area (Å²) in [7, 11) is 1.73. The first kappa shape index (κ1) is 20.2. The summed E-state index contributed by atoms with van der Waals surface area (Å²) in [5.74, 6) is 1.50. The number of benzene rings is 1. The average molecular weight is 433 g/mol. The Morgan fingerprint density at radius 2 is 2.09 bits per heavy atom. The predicted molar refractivity (Wildman–Crippen MR) is 124 cm³/mol. The molecule has 0 radical (unpaired) electrons. The lowest BCUT2D eigenvalue weighted by molar-refractivity contribution is 0.0933. The second-order valence-corrected chi connectivity index (χ2v) is 10.1. The maximum atomic E-state index is 13.0. The summed E-state index contributed by atoms with van der Waals surface area (Å²) in [4.78, 5) is 19.9. The van der Waals surface area contributed by atoms with Crippen LogP contribution in [0.3, 0.4) is 0 Å². The van der Waals surface area contributed by atoms with Gasteiger partial charge in [-0.1, -0.05) is 6.07 Å². The normalized spacial score (nSPS) is 30.3. The molecule has 1 aromatic carbocycles. The molecule has 0 bridgehead atoms. The number of hydrogen-bond donors (Lipinski definition) is 2. The summed E-state index contributed by atoms with van der Waals surface area (Å²) >= 11 is 0. The van der Waals surface area contributed by atoms with E-state index in [1.165, 1.54) is 40.9 Å². The molecule has 2 aromatic rings. The molecule has 1 aliphatic heterocycles. The quantitative estimate of drug-likeness (QED) is 0.776. The van der Waals surface area contributed by atoms with Crippen LogP contribution in [0.1, 0.15) is 57.9 Å². The first-order valence-corrected chi connectivity index (χ1v) is 12.0. The molecule has 32 heavy (non-hydrogen) atoms. The summed E-state index contributed by atoms with van der Waals surface area (Å²) in [5.41, 5.74) is 13.4. The van der Waals surface area contributed by atoms with Crippen LogP contribution in [0.15, 0.2) is 30.5 Å². The van der Waals surface area contributed by atoms with Crippen LogP contribution in [0.4, 0.5) is 5.69 Å². The SMILES string of the molecule is CO[C@H]1CN(c2ccc3c(c2)CC[C@H](NC(=O)c2cnc4c(c2)[C@@H]2C[C@@H]2CC4)C3)C[C@@H]1N. The lowest BCUT2D eigenvalue weighted by Crippen LogP contribution is -2.39. The Morgan fingerprint density at radius 3 is 2.94 bits per heavy atom. The van der Waals surface area contributed by atoms with E-state index in [-0.39, 0.29) is 24.1 Å². The van der Waals surface area contributed by atoms with Crippen LogP contribution in [0.5, 0.6) is 0 Å². The largest absolute Gasteiger partial charge is 0.378 e. The Kier molecular flexibility index (Phi) is 4.95. The van der Waals surface area contributed by atoms with Crippen LogP contribution < -0.4 is 16.0 Å². The van der Waals surface area contributed by atoms with Gasteiger partial charge in [0.25, 0.3) is 5.91 Å². The molecule has 6 nitrogen and oxygen atoms in total. The van der Waals surface area contributed by atoms with E-state index in [0.717, 1.165) is 50.3 Å². The number of carbonyl (C=O) groups excluding carboxylic acids is 1. The van der Waals surface area contributed by atoms with E-state index in [9.17, 15) is 4.79 Å². The van der Waals surface area contributed by atoms with Crippen molar-refractivity contribution in [2.24, 2.45) is 11.7 Å². The number of aromatic nitrogens is 1. The number of nitrogens with two attached hydrogens (primary N) is 1. The Morgan fingerprint density at radius 1 is 1.19 bits per heavy atom. The number of anilines is 1. The van der Waals surface area contributed by atoms with Gasteiger partial charge in [-0.2, -0.15) is 0 Å². The van der Waals surface area contributed by atoms with E-state index in [0.29, 0.717) is 5.92 Å². The van der Waals surface area contributed by atoms with E-state index in [1.54, 1.807) is 13.3 Å². The van der Waals surface area contributed by atoms with Crippen molar-refractivity contribution in [3.05, 3.63) is 58.4 Å². The van der Waals surface area contributed by atoms with Crippen molar-refractivity contribution >= 4 is 11.6 Å². The molecule has 168 valence electrons. The number of fused-ring (bicyclic) bond motifs is 4. The average Bonchev–Trinajstić information content (AvgIpc) is 3.52. The second kappa shape index (κ2) is 7.85. The van der Waals surface area contributed by atoms with Crippen LogP contribution in [0.25, 0.3) is 0 Å². The molecular formula is C26H32N4O2. The number of pyridine rings is 1. The standard InChI is InChI=1S/C26H32N4O2/c1-32-25-14-30(13-23(25)27)20-6-3-15-8-19(5-2-16(15)9-20)29-26(31)18-11-22-21-10-17(21)4-7-24(22)28-12-18/h3,6,9,11-12,17,19,21,23,25H,2,4-5,7-8,10,13-14,27H2,1H3,(H,29,31)/t17-,19-,21+,23-,25-/m0/s1. The van der Waals surface area contributed by atoms with Gasteiger partial charge in [0, 0.05) is 43.8 Å². The molecule has 2 fully saturated rings. The zero-order valence-electron chi connectivity index (χ0n) is 18.7. The Hall–Kier alpha value is -2.44. The molecule has 1 saturated carbocycles. The van der Waals surface area contributed by atoms with Gasteiger partial charge in [-0.05, 0) is 85.3 Å². The fourth-order valence-electron chi connectivity index (χ4n) is 6.02.